The summed E-state index contributed by atoms with van der Waals surface area (Å²) in [5.74, 6) is 0. The average Bonchev–Trinajstić information content (AvgIpc) is 2.63. The van der Waals surface area contributed by atoms with Crippen molar-refractivity contribution in [3.05, 3.63) is 29.6 Å². The molecule has 0 aliphatic heterocycles. The van der Waals surface area contributed by atoms with Crippen LogP contribution in [0.3, 0.4) is 0 Å². The minimum absolute atomic E-state index is 0.00649. The molecule has 0 atom stereocenters. The summed E-state index contributed by atoms with van der Waals surface area (Å²) >= 11 is 2.41. The van der Waals surface area contributed by atoms with Crippen molar-refractivity contribution in [1.82, 2.24) is 4.98 Å². The Bertz CT molecular complexity index is 418. The van der Waals surface area contributed by atoms with Gasteiger partial charge >= 0.3 is 124 Å². The second kappa shape index (κ2) is 12.9. The second-order valence-corrected chi connectivity index (χ2v) is 8.91. The predicted octanol–water partition coefficient (Wildman–Crippen LogP) is 4.01. The molecule has 0 saturated heterocycles. The molecule has 136 valence electrons. The van der Waals surface area contributed by atoms with Crippen LogP contribution in [-0.2, 0) is 12.8 Å². The molecule has 0 aliphatic rings. The molecule has 0 fully saturated rings. The topological polar surface area (TPSA) is 53.4 Å². The van der Waals surface area contributed by atoms with Gasteiger partial charge in [-0.1, -0.05) is 32.6 Å². The number of rotatable bonds is 14. The van der Waals surface area contributed by atoms with Crippen LogP contribution in [0.2, 0.25) is 4.20 Å². The first-order chi connectivity index (χ1) is 11.6. The molecule has 1 rings (SSSR count). The van der Waals surface area contributed by atoms with Crippen LogP contribution in [0.1, 0.15) is 76.0 Å². The quantitative estimate of drug-likeness (QED) is 0.370. The standard InChI is InChI=1S/C20H34AsNO2/c1-2-3-4-5-6-7-8-9-10-19-12-11-18(15-22-19)13-14-20(21,16-23)17-24/h11-12,15,23-24H,2-10,13-14,16-17H2,1H3. The Labute approximate surface area is 156 Å². The molecule has 3 nitrogen and oxygen atoms in total. The van der Waals surface area contributed by atoms with Crippen molar-refractivity contribution in [3.8, 4) is 0 Å². The van der Waals surface area contributed by atoms with Crippen LogP contribution < -0.4 is 0 Å². The van der Waals surface area contributed by atoms with Crippen LogP contribution in [0.25, 0.3) is 0 Å². The zero-order chi connectivity index (χ0) is 17.7. The van der Waals surface area contributed by atoms with E-state index in [1.165, 1.54) is 62.6 Å². The van der Waals surface area contributed by atoms with Gasteiger partial charge in [0.25, 0.3) is 0 Å². The fraction of sp³-hybridized carbons (Fsp3) is 0.750. The summed E-state index contributed by atoms with van der Waals surface area (Å²) in [6.45, 7) is 2.25. The van der Waals surface area contributed by atoms with Gasteiger partial charge in [0.05, 0.1) is 0 Å². The molecule has 1 aromatic rings. The molecule has 1 heterocycles. The SMILES string of the molecule is CCCCCCCCCCc1ccc(CCC([As])(CO)CO)cn1. The molecular weight excluding hydrogens is 361 g/mol. The van der Waals surface area contributed by atoms with Gasteiger partial charge in [0.1, 0.15) is 0 Å². The van der Waals surface area contributed by atoms with Gasteiger partial charge in [-0.2, -0.15) is 0 Å². The molecule has 1 aromatic heterocycles. The van der Waals surface area contributed by atoms with Crippen LogP contribution in [0.4, 0.5) is 0 Å². The maximum atomic E-state index is 9.32. The summed E-state index contributed by atoms with van der Waals surface area (Å²) in [7, 11) is 0. The van der Waals surface area contributed by atoms with E-state index in [-0.39, 0.29) is 13.2 Å². The molecule has 4 heteroatoms. The number of pyridine rings is 1. The summed E-state index contributed by atoms with van der Waals surface area (Å²) in [6, 6.07) is 4.26. The Balaban J connectivity index is 2.18. The summed E-state index contributed by atoms with van der Waals surface area (Å²) in [5, 5.41) is 18.6. The van der Waals surface area contributed by atoms with Crippen LogP contribution in [0.15, 0.2) is 18.3 Å². The summed E-state index contributed by atoms with van der Waals surface area (Å²) in [6.07, 6.45) is 15.3. The fourth-order valence-corrected chi connectivity index (χ4v) is 3.01. The summed E-state index contributed by atoms with van der Waals surface area (Å²) in [5.41, 5.74) is 2.35. The first-order valence-electron chi connectivity index (χ1n) is 9.51. The van der Waals surface area contributed by atoms with E-state index in [1.807, 2.05) is 6.20 Å². The van der Waals surface area contributed by atoms with E-state index in [0.29, 0.717) is 0 Å². The third kappa shape index (κ3) is 9.20. The van der Waals surface area contributed by atoms with E-state index >= 15 is 0 Å². The van der Waals surface area contributed by atoms with E-state index in [2.05, 4.69) is 40.9 Å². The third-order valence-corrected chi connectivity index (χ3v) is 5.70. The molecule has 2 N–H and O–H groups in total. The van der Waals surface area contributed by atoms with Crippen molar-refractivity contribution in [2.75, 3.05) is 13.2 Å². The molecule has 0 unspecified atom stereocenters. The summed E-state index contributed by atoms with van der Waals surface area (Å²) in [4.78, 5) is 4.56. The zero-order valence-corrected chi connectivity index (χ0v) is 17.1. The van der Waals surface area contributed by atoms with Crippen LogP contribution in [0, 0.1) is 0 Å². The van der Waals surface area contributed by atoms with E-state index in [0.717, 1.165) is 19.3 Å². The Morgan fingerprint density at radius 2 is 1.54 bits per heavy atom. The molecule has 2 radical (unpaired) electrons. The Morgan fingerprint density at radius 3 is 2.08 bits per heavy atom. The average molecular weight is 395 g/mol. The number of hydrogen-bond donors (Lipinski definition) is 2. The normalized spacial score (nSPS) is 11.8. The van der Waals surface area contributed by atoms with Gasteiger partial charge in [0.15, 0.2) is 0 Å². The number of aryl methyl sites for hydroxylation is 2. The van der Waals surface area contributed by atoms with Gasteiger partial charge in [-0.15, -0.1) is 0 Å². The number of nitrogens with zero attached hydrogens (tertiary/aromatic N) is 1. The molecule has 24 heavy (non-hydrogen) atoms. The second-order valence-electron chi connectivity index (χ2n) is 6.92. The molecular formula is C20H34AsNO2. The summed E-state index contributed by atoms with van der Waals surface area (Å²) < 4.78 is -0.456. The Kier molecular flexibility index (Phi) is 11.7. The third-order valence-electron chi connectivity index (χ3n) is 4.64. The minimum atomic E-state index is -0.456. The molecule has 0 spiro atoms. The number of hydrogen-bond acceptors (Lipinski definition) is 3. The predicted molar refractivity (Wildman–Crippen MR) is 101 cm³/mol. The van der Waals surface area contributed by atoms with Crippen molar-refractivity contribution < 1.29 is 10.2 Å². The Hall–Kier alpha value is -0.372. The van der Waals surface area contributed by atoms with Crippen LogP contribution in [0.5, 0.6) is 0 Å². The number of aliphatic hydroxyl groups is 2. The molecule has 0 aromatic carbocycles. The number of unbranched alkanes of at least 4 members (excludes halogenated alkanes) is 7. The Morgan fingerprint density at radius 1 is 0.917 bits per heavy atom. The van der Waals surface area contributed by atoms with Crippen LogP contribution in [-0.4, -0.2) is 45.3 Å². The number of aliphatic hydroxyl groups excluding tert-OH is 2. The monoisotopic (exact) mass is 395 g/mol. The van der Waals surface area contributed by atoms with Crippen molar-refractivity contribution in [2.45, 2.75) is 81.8 Å². The van der Waals surface area contributed by atoms with Gasteiger partial charge in [0, 0.05) is 0 Å². The molecule has 0 bridgehead atoms. The van der Waals surface area contributed by atoms with Crippen molar-refractivity contribution in [3.63, 3.8) is 0 Å². The molecule has 0 aliphatic carbocycles. The van der Waals surface area contributed by atoms with Crippen molar-refractivity contribution in [1.29, 1.82) is 0 Å². The van der Waals surface area contributed by atoms with E-state index in [4.69, 9.17) is 0 Å². The molecule has 0 amide bonds. The van der Waals surface area contributed by atoms with Crippen molar-refractivity contribution in [2.24, 2.45) is 0 Å². The van der Waals surface area contributed by atoms with Crippen LogP contribution >= 0.6 is 0 Å². The van der Waals surface area contributed by atoms with Gasteiger partial charge < -0.3 is 0 Å². The van der Waals surface area contributed by atoms with E-state index < -0.39 is 4.20 Å². The van der Waals surface area contributed by atoms with Gasteiger partial charge in [0.2, 0.25) is 0 Å². The van der Waals surface area contributed by atoms with Crippen molar-refractivity contribution >= 4 is 16.9 Å². The van der Waals surface area contributed by atoms with Gasteiger partial charge in [-0.05, 0) is 0 Å². The number of aromatic nitrogens is 1. The fourth-order valence-electron chi connectivity index (χ4n) is 2.78. The van der Waals surface area contributed by atoms with Gasteiger partial charge in [-0.25, -0.2) is 0 Å². The molecule has 0 saturated carbocycles. The zero-order valence-electron chi connectivity index (χ0n) is 15.2. The van der Waals surface area contributed by atoms with E-state index in [1.54, 1.807) is 0 Å². The van der Waals surface area contributed by atoms with Gasteiger partial charge in [-0.3, -0.25) is 0 Å². The van der Waals surface area contributed by atoms with E-state index in [9.17, 15) is 10.2 Å². The first-order valence-corrected chi connectivity index (χ1v) is 10.5. The first kappa shape index (κ1) is 21.7. The maximum absolute atomic E-state index is 9.32.